The average molecular weight is 388 g/mol. The third-order valence-corrected chi connectivity index (χ3v) is 4.79. The number of hydrogen-bond donors (Lipinski definition) is 1. The summed E-state index contributed by atoms with van der Waals surface area (Å²) in [7, 11) is 1.25. The topological polar surface area (TPSA) is 87.8 Å². The van der Waals surface area contributed by atoms with E-state index >= 15 is 0 Å². The van der Waals surface area contributed by atoms with E-state index in [1.807, 2.05) is 0 Å². The highest BCUT2D eigenvalue weighted by molar-refractivity contribution is 6.32. The summed E-state index contributed by atoms with van der Waals surface area (Å²) in [5.41, 5.74) is 7.12. The second-order valence-electron chi connectivity index (χ2n) is 6.10. The van der Waals surface area contributed by atoms with Crippen LogP contribution in [0.15, 0.2) is 41.0 Å². The van der Waals surface area contributed by atoms with Crippen LogP contribution in [-0.4, -0.2) is 25.5 Å². The number of carbonyl (C=O) groups is 2. The first kappa shape index (κ1) is 18.9. The standard InChI is InChI=1S/C20H18ClNO5/c1-3-9-26-14-8-7-11(10-12(14)21)16-17-13(23)5-4-6-15(17)27-19(22)18(16)20(24)25-2/h1,7-8,10,16H,4-6,9,22H2,2H3/t16-/m0/s1. The Bertz CT molecular complexity index is 909. The van der Waals surface area contributed by atoms with Crippen LogP contribution in [0.25, 0.3) is 0 Å². The van der Waals surface area contributed by atoms with Crippen molar-refractivity contribution in [1.82, 2.24) is 0 Å². The monoisotopic (exact) mass is 387 g/mol. The van der Waals surface area contributed by atoms with Crippen LogP contribution in [0, 0.1) is 12.3 Å². The number of esters is 1. The molecule has 7 heteroatoms. The molecule has 0 radical (unpaired) electrons. The highest BCUT2D eigenvalue weighted by atomic mass is 35.5. The number of methoxy groups -OCH3 is 1. The Hall–Kier alpha value is -2.91. The van der Waals surface area contributed by atoms with E-state index in [0.29, 0.717) is 46.9 Å². The quantitative estimate of drug-likeness (QED) is 0.631. The van der Waals surface area contributed by atoms with Crippen molar-refractivity contribution in [3.8, 4) is 18.1 Å². The summed E-state index contributed by atoms with van der Waals surface area (Å²) in [4.78, 5) is 25.0. The smallest absolute Gasteiger partial charge is 0.340 e. The lowest BCUT2D eigenvalue weighted by Gasteiger charge is -2.32. The zero-order chi connectivity index (χ0) is 19.6. The minimum Gasteiger partial charge on any atom is -0.479 e. The summed E-state index contributed by atoms with van der Waals surface area (Å²) < 4.78 is 15.8. The van der Waals surface area contributed by atoms with Gasteiger partial charge in [0.15, 0.2) is 5.78 Å². The molecule has 1 aromatic carbocycles. The lowest BCUT2D eigenvalue weighted by molar-refractivity contribution is -0.136. The number of carbonyl (C=O) groups excluding carboxylic acids is 2. The molecule has 0 unspecified atom stereocenters. The van der Waals surface area contributed by atoms with E-state index in [0.717, 1.165) is 0 Å². The second kappa shape index (κ2) is 7.77. The minimum atomic E-state index is -0.715. The number of allylic oxidation sites excluding steroid dienone is 2. The van der Waals surface area contributed by atoms with Gasteiger partial charge >= 0.3 is 5.97 Å². The minimum absolute atomic E-state index is 0.0657. The molecule has 0 aromatic heterocycles. The molecule has 27 heavy (non-hydrogen) atoms. The van der Waals surface area contributed by atoms with Gasteiger partial charge in [0.1, 0.15) is 23.7 Å². The van der Waals surface area contributed by atoms with E-state index in [9.17, 15) is 9.59 Å². The zero-order valence-electron chi connectivity index (χ0n) is 14.7. The van der Waals surface area contributed by atoms with Crippen molar-refractivity contribution >= 4 is 23.4 Å². The molecule has 1 atom stereocenters. The molecule has 1 aliphatic heterocycles. The summed E-state index contributed by atoms with van der Waals surface area (Å²) in [6, 6.07) is 4.99. The SMILES string of the molecule is C#CCOc1ccc([C@@H]2C(C(=O)OC)=C(N)OC3=C2C(=O)CCC3)cc1Cl. The first-order chi connectivity index (χ1) is 13.0. The fraction of sp³-hybridized carbons (Fsp3) is 0.300. The van der Waals surface area contributed by atoms with Gasteiger partial charge in [-0.05, 0) is 24.1 Å². The van der Waals surface area contributed by atoms with Crippen LogP contribution in [-0.2, 0) is 19.1 Å². The molecule has 140 valence electrons. The van der Waals surface area contributed by atoms with E-state index in [1.54, 1.807) is 18.2 Å². The Balaban J connectivity index is 2.12. The number of rotatable bonds is 4. The first-order valence-electron chi connectivity index (χ1n) is 8.35. The summed E-state index contributed by atoms with van der Waals surface area (Å²) in [5, 5.41) is 0.308. The molecule has 1 heterocycles. The largest absolute Gasteiger partial charge is 0.479 e. The number of ether oxygens (including phenoxy) is 3. The Morgan fingerprint density at radius 1 is 1.44 bits per heavy atom. The van der Waals surface area contributed by atoms with Crippen LogP contribution in [0.2, 0.25) is 5.02 Å². The van der Waals surface area contributed by atoms with Crippen molar-refractivity contribution < 1.29 is 23.8 Å². The van der Waals surface area contributed by atoms with Gasteiger partial charge in [0.2, 0.25) is 5.88 Å². The lowest BCUT2D eigenvalue weighted by Crippen LogP contribution is -2.31. The van der Waals surface area contributed by atoms with Gasteiger partial charge in [-0.15, -0.1) is 6.42 Å². The summed E-state index contributed by atoms with van der Waals surface area (Å²) in [5.74, 6) is 1.74. The molecule has 0 saturated heterocycles. The normalized spacial score (nSPS) is 19.1. The van der Waals surface area contributed by atoms with Crippen LogP contribution >= 0.6 is 11.6 Å². The Labute approximate surface area is 161 Å². The molecule has 3 rings (SSSR count). The van der Waals surface area contributed by atoms with Crippen LogP contribution in [0.3, 0.4) is 0 Å². The fourth-order valence-electron chi connectivity index (χ4n) is 3.33. The van der Waals surface area contributed by atoms with Gasteiger partial charge in [-0.25, -0.2) is 4.79 Å². The third-order valence-electron chi connectivity index (χ3n) is 4.49. The number of hydrogen-bond acceptors (Lipinski definition) is 6. The predicted molar refractivity (Wildman–Crippen MR) is 98.7 cm³/mol. The van der Waals surface area contributed by atoms with Crippen LogP contribution in [0.4, 0.5) is 0 Å². The number of Topliss-reactive ketones (excluding diaryl/α,β-unsaturated/α-hetero) is 1. The average Bonchev–Trinajstić information content (AvgIpc) is 2.65. The maximum absolute atomic E-state index is 12.6. The van der Waals surface area contributed by atoms with Crippen molar-refractivity contribution in [2.24, 2.45) is 5.73 Å². The van der Waals surface area contributed by atoms with Gasteiger partial charge in [0.05, 0.1) is 18.1 Å². The second-order valence-corrected chi connectivity index (χ2v) is 6.51. The molecule has 2 aliphatic rings. The highest BCUT2D eigenvalue weighted by Crippen LogP contribution is 2.45. The molecule has 0 saturated carbocycles. The highest BCUT2D eigenvalue weighted by Gasteiger charge is 2.41. The molecule has 2 N–H and O–H groups in total. The molecule has 0 amide bonds. The molecule has 0 fully saturated rings. The van der Waals surface area contributed by atoms with Crippen LogP contribution in [0.5, 0.6) is 5.75 Å². The van der Waals surface area contributed by atoms with Crippen molar-refractivity contribution in [2.75, 3.05) is 13.7 Å². The molecule has 0 spiro atoms. The molecular weight excluding hydrogens is 370 g/mol. The Morgan fingerprint density at radius 3 is 2.89 bits per heavy atom. The van der Waals surface area contributed by atoms with Gasteiger partial charge in [0.25, 0.3) is 0 Å². The van der Waals surface area contributed by atoms with Crippen LogP contribution in [0.1, 0.15) is 30.7 Å². The van der Waals surface area contributed by atoms with Gasteiger partial charge in [0, 0.05) is 18.4 Å². The van der Waals surface area contributed by atoms with Gasteiger partial charge in [-0.2, -0.15) is 0 Å². The van der Waals surface area contributed by atoms with Crippen molar-refractivity contribution in [1.29, 1.82) is 0 Å². The number of ketones is 1. The van der Waals surface area contributed by atoms with Gasteiger partial charge in [-0.1, -0.05) is 23.6 Å². The van der Waals surface area contributed by atoms with E-state index in [4.69, 9.17) is 38.0 Å². The van der Waals surface area contributed by atoms with E-state index < -0.39 is 11.9 Å². The van der Waals surface area contributed by atoms with Crippen LogP contribution < -0.4 is 10.5 Å². The zero-order valence-corrected chi connectivity index (χ0v) is 15.5. The number of terminal acetylenes is 1. The number of halogens is 1. The van der Waals surface area contributed by atoms with E-state index in [2.05, 4.69) is 5.92 Å². The molecule has 1 aromatic rings. The molecule has 1 aliphatic carbocycles. The van der Waals surface area contributed by atoms with Gasteiger partial charge in [-0.3, -0.25) is 4.79 Å². The number of nitrogens with two attached hydrogens (primary N) is 1. The molecule has 0 bridgehead atoms. The van der Waals surface area contributed by atoms with Crippen molar-refractivity contribution in [3.05, 3.63) is 51.6 Å². The van der Waals surface area contributed by atoms with E-state index in [-0.39, 0.29) is 23.8 Å². The summed E-state index contributed by atoms with van der Waals surface area (Å²) >= 11 is 6.30. The maximum Gasteiger partial charge on any atom is 0.340 e. The lowest BCUT2D eigenvalue weighted by atomic mass is 9.77. The third kappa shape index (κ3) is 3.51. The summed E-state index contributed by atoms with van der Waals surface area (Å²) in [6.07, 6.45) is 6.82. The number of benzene rings is 1. The van der Waals surface area contributed by atoms with E-state index in [1.165, 1.54) is 7.11 Å². The van der Waals surface area contributed by atoms with Crippen molar-refractivity contribution in [2.45, 2.75) is 25.2 Å². The van der Waals surface area contributed by atoms with Crippen molar-refractivity contribution in [3.63, 3.8) is 0 Å². The maximum atomic E-state index is 12.6. The Kier molecular flexibility index (Phi) is 5.43. The molecular formula is C20H18ClNO5. The Morgan fingerprint density at radius 2 is 2.22 bits per heavy atom. The molecule has 6 nitrogen and oxygen atoms in total. The summed E-state index contributed by atoms with van der Waals surface area (Å²) in [6.45, 7) is 0.0738. The predicted octanol–water partition coefficient (Wildman–Crippen LogP) is 2.82. The fourth-order valence-corrected chi connectivity index (χ4v) is 3.58. The first-order valence-corrected chi connectivity index (χ1v) is 8.73. The van der Waals surface area contributed by atoms with Gasteiger partial charge < -0.3 is 19.9 Å².